The molecule has 5 nitrogen and oxygen atoms in total. The summed E-state index contributed by atoms with van der Waals surface area (Å²) in [6.07, 6.45) is 1.60. The van der Waals surface area contributed by atoms with Crippen LogP contribution in [0.15, 0.2) is 53.1 Å². The van der Waals surface area contributed by atoms with Crippen LogP contribution in [0.1, 0.15) is 46.0 Å². The highest BCUT2D eigenvalue weighted by Crippen LogP contribution is 2.30. The molecule has 0 bridgehead atoms. The molecule has 136 valence electrons. The number of ether oxygens (including phenoxy) is 1. The number of nitrogens with one attached hydrogen (secondary N) is 1. The Labute approximate surface area is 153 Å². The lowest BCUT2D eigenvalue weighted by atomic mass is 10.0. The first kappa shape index (κ1) is 17.9. The van der Waals surface area contributed by atoms with Crippen molar-refractivity contribution in [2.24, 2.45) is 0 Å². The minimum atomic E-state index is -0.432. The molecule has 1 unspecified atom stereocenters. The van der Waals surface area contributed by atoms with Crippen molar-refractivity contribution in [2.45, 2.75) is 33.4 Å². The fourth-order valence-corrected chi connectivity index (χ4v) is 3.39. The topological polar surface area (TPSA) is 56.4 Å². The van der Waals surface area contributed by atoms with Crippen molar-refractivity contribution in [3.8, 4) is 5.75 Å². The molecule has 3 aromatic rings. The molecule has 1 N–H and O–H groups in total. The average molecular weight is 352 g/mol. The van der Waals surface area contributed by atoms with Gasteiger partial charge >= 0.3 is 0 Å². The number of amides is 1. The van der Waals surface area contributed by atoms with Gasteiger partial charge in [-0.15, -0.1) is 0 Å². The molecule has 2 aromatic heterocycles. The number of carbonyl (C=O) groups excluding carboxylic acids is 1. The number of para-hydroxylation sites is 1. The summed E-state index contributed by atoms with van der Waals surface area (Å²) in [5.74, 6) is 1.23. The molecular formula is C21H24N2O3. The lowest BCUT2D eigenvalue weighted by molar-refractivity contribution is 0.0938. The second-order valence-electron chi connectivity index (χ2n) is 6.19. The maximum atomic E-state index is 13.0. The highest BCUT2D eigenvalue weighted by atomic mass is 16.5. The van der Waals surface area contributed by atoms with Gasteiger partial charge in [0.2, 0.25) is 0 Å². The van der Waals surface area contributed by atoms with E-state index in [0.717, 1.165) is 23.5 Å². The number of hydrogen-bond acceptors (Lipinski definition) is 3. The van der Waals surface area contributed by atoms with Gasteiger partial charge in [0.05, 0.1) is 18.9 Å². The first-order valence-electron chi connectivity index (χ1n) is 8.70. The number of aryl methyl sites for hydroxylation is 1. The molecule has 0 aliphatic rings. The molecule has 26 heavy (non-hydrogen) atoms. The minimum absolute atomic E-state index is 0.134. The summed E-state index contributed by atoms with van der Waals surface area (Å²) < 4.78 is 13.2. The first-order valence-corrected chi connectivity index (χ1v) is 8.70. The Hall–Kier alpha value is -2.95. The highest BCUT2D eigenvalue weighted by Gasteiger charge is 2.25. The van der Waals surface area contributed by atoms with Crippen molar-refractivity contribution in [1.29, 1.82) is 0 Å². The third-order valence-corrected chi connectivity index (χ3v) is 4.69. The van der Waals surface area contributed by atoms with Crippen LogP contribution in [0.2, 0.25) is 0 Å². The van der Waals surface area contributed by atoms with Crippen molar-refractivity contribution in [3.63, 3.8) is 0 Å². The van der Waals surface area contributed by atoms with Gasteiger partial charge in [-0.2, -0.15) is 0 Å². The number of hydrogen-bond donors (Lipinski definition) is 1. The molecule has 0 aliphatic heterocycles. The molecule has 1 aromatic carbocycles. The van der Waals surface area contributed by atoms with E-state index in [9.17, 15) is 4.79 Å². The Morgan fingerprint density at radius 3 is 2.62 bits per heavy atom. The van der Waals surface area contributed by atoms with Crippen molar-refractivity contribution >= 4 is 5.91 Å². The summed E-state index contributed by atoms with van der Waals surface area (Å²) in [4.78, 5) is 13.0. The zero-order valence-corrected chi connectivity index (χ0v) is 15.6. The summed E-state index contributed by atoms with van der Waals surface area (Å²) in [7, 11) is 1.62. The van der Waals surface area contributed by atoms with E-state index in [1.165, 1.54) is 0 Å². The standard InChI is InChI=1S/C21H24N2O3/c1-5-23-14(2)13-17(15(23)3)21(24)22-20(19-11-8-12-26-19)16-9-6-7-10-18(16)25-4/h6-13,20H,5H2,1-4H3,(H,22,24). The number of furan rings is 1. The van der Waals surface area contributed by atoms with Gasteiger partial charge < -0.3 is 19.0 Å². The van der Waals surface area contributed by atoms with E-state index >= 15 is 0 Å². The molecule has 0 aliphatic carbocycles. The number of nitrogens with zero attached hydrogens (tertiary/aromatic N) is 1. The second-order valence-corrected chi connectivity index (χ2v) is 6.19. The van der Waals surface area contributed by atoms with Gasteiger partial charge in [-0.25, -0.2) is 0 Å². The summed E-state index contributed by atoms with van der Waals surface area (Å²) >= 11 is 0. The predicted molar refractivity (Wildman–Crippen MR) is 101 cm³/mol. The van der Waals surface area contributed by atoms with Crippen LogP contribution >= 0.6 is 0 Å². The fraction of sp³-hybridized carbons (Fsp3) is 0.286. The molecule has 0 fully saturated rings. The van der Waals surface area contributed by atoms with Gasteiger partial charge in [-0.3, -0.25) is 4.79 Å². The SMILES string of the molecule is CCn1c(C)cc(C(=O)NC(c2ccco2)c2ccccc2OC)c1C. The van der Waals surface area contributed by atoms with Crippen LogP contribution < -0.4 is 10.1 Å². The molecular weight excluding hydrogens is 328 g/mol. The van der Waals surface area contributed by atoms with Gasteiger partial charge in [0.25, 0.3) is 5.91 Å². The van der Waals surface area contributed by atoms with Crippen LogP contribution in [-0.4, -0.2) is 17.6 Å². The molecule has 3 rings (SSSR count). The van der Waals surface area contributed by atoms with Gasteiger partial charge in [-0.1, -0.05) is 18.2 Å². The van der Waals surface area contributed by atoms with Crippen molar-refractivity contribution in [2.75, 3.05) is 7.11 Å². The molecule has 1 atom stereocenters. The predicted octanol–water partition coefficient (Wildman–Crippen LogP) is 4.25. The Morgan fingerprint density at radius 2 is 2.00 bits per heavy atom. The Morgan fingerprint density at radius 1 is 1.23 bits per heavy atom. The third-order valence-electron chi connectivity index (χ3n) is 4.69. The van der Waals surface area contributed by atoms with E-state index < -0.39 is 6.04 Å². The number of carbonyl (C=O) groups is 1. The second kappa shape index (κ2) is 7.52. The Bertz CT molecular complexity index is 894. The quantitative estimate of drug-likeness (QED) is 0.722. The zero-order chi connectivity index (χ0) is 18.7. The van der Waals surface area contributed by atoms with Crippen LogP contribution in [0, 0.1) is 13.8 Å². The van der Waals surface area contributed by atoms with E-state index in [2.05, 4.69) is 16.8 Å². The summed E-state index contributed by atoms with van der Waals surface area (Å²) in [6.45, 7) is 6.88. The largest absolute Gasteiger partial charge is 0.496 e. The number of methoxy groups -OCH3 is 1. The fourth-order valence-electron chi connectivity index (χ4n) is 3.39. The first-order chi connectivity index (χ1) is 12.6. The average Bonchev–Trinajstić information content (AvgIpc) is 3.27. The van der Waals surface area contributed by atoms with Gasteiger partial charge in [0, 0.05) is 23.5 Å². The van der Waals surface area contributed by atoms with Crippen LogP contribution in [0.5, 0.6) is 5.75 Å². The molecule has 0 spiro atoms. The normalized spacial score (nSPS) is 12.0. The van der Waals surface area contributed by atoms with E-state index in [1.807, 2.05) is 56.3 Å². The Kier molecular flexibility index (Phi) is 5.16. The Balaban J connectivity index is 1.98. The van der Waals surface area contributed by atoms with Crippen molar-refractivity contribution in [1.82, 2.24) is 9.88 Å². The van der Waals surface area contributed by atoms with Crippen molar-refractivity contribution in [3.05, 3.63) is 77.0 Å². The number of rotatable bonds is 6. The molecule has 5 heteroatoms. The number of benzene rings is 1. The zero-order valence-electron chi connectivity index (χ0n) is 15.6. The third kappa shape index (κ3) is 3.25. The summed E-state index contributed by atoms with van der Waals surface area (Å²) in [5, 5.41) is 3.11. The molecule has 0 radical (unpaired) electrons. The van der Waals surface area contributed by atoms with E-state index in [-0.39, 0.29) is 5.91 Å². The van der Waals surface area contributed by atoms with Gasteiger partial charge in [-0.05, 0) is 45.0 Å². The highest BCUT2D eigenvalue weighted by molar-refractivity contribution is 5.96. The lowest BCUT2D eigenvalue weighted by Crippen LogP contribution is -2.29. The summed E-state index contributed by atoms with van der Waals surface area (Å²) in [6, 6.07) is 12.8. The van der Waals surface area contributed by atoms with Crippen LogP contribution in [0.4, 0.5) is 0 Å². The number of aromatic nitrogens is 1. The molecule has 0 saturated heterocycles. The van der Waals surface area contributed by atoms with Crippen molar-refractivity contribution < 1.29 is 13.9 Å². The minimum Gasteiger partial charge on any atom is -0.496 e. The van der Waals surface area contributed by atoms with E-state index in [0.29, 0.717) is 17.1 Å². The molecule has 1 amide bonds. The maximum absolute atomic E-state index is 13.0. The van der Waals surface area contributed by atoms with E-state index in [1.54, 1.807) is 13.4 Å². The van der Waals surface area contributed by atoms with E-state index in [4.69, 9.17) is 9.15 Å². The van der Waals surface area contributed by atoms with Crippen LogP contribution in [0.3, 0.4) is 0 Å². The summed E-state index contributed by atoms with van der Waals surface area (Å²) in [5.41, 5.74) is 3.56. The molecule has 2 heterocycles. The van der Waals surface area contributed by atoms with Crippen LogP contribution in [0.25, 0.3) is 0 Å². The smallest absolute Gasteiger partial charge is 0.253 e. The van der Waals surface area contributed by atoms with Crippen LogP contribution in [-0.2, 0) is 6.54 Å². The maximum Gasteiger partial charge on any atom is 0.253 e. The molecule has 0 saturated carbocycles. The van der Waals surface area contributed by atoms with Gasteiger partial charge in [0.15, 0.2) is 0 Å². The monoisotopic (exact) mass is 352 g/mol. The lowest BCUT2D eigenvalue weighted by Gasteiger charge is -2.19. The van der Waals surface area contributed by atoms with Gasteiger partial charge in [0.1, 0.15) is 17.6 Å².